The molecule has 6 heteroatoms. The summed E-state index contributed by atoms with van der Waals surface area (Å²) >= 11 is 0. The maximum atomic E-state index is 12.9. The molecule has 0 bridgehead atoms. The van der Waals surface area contributed by atoms with Crippen molar-refractivity contribution in [3.05, 3.63) is 35.7 Å². The molecule has 0 spiro atoms. The largest absolute Gasteiger partial charge is 0.345 e. The highest BCUT2D eigenvalue weighted by Crippen LogP contribution is 2.38. The number of nitrogens with zero attached hydrogens (tertiary/aromatic N) is 5. The maximum absolute atomic E-state index is 12.9. The van der Waals surface area contributed by atoms with Gasteiger partial charge in [-0.15, -0.1) is 0 Å². The second kappa shape index (κ2) is 4.97. The molecule has 1 unspecified atom stereocenters. The van der Waals surface area contributed by atoms with Gasteiger partial charge >= 0.3 is 0 Å². The Labute approximate surface area is 129 Å². The van der Waals surface area contributed by atoms with Gasteiger partial charge in [-0.3, -0.25) is 4.79 Å². The second-order valence-corrected chi connectivity index (χ2v) is 6.46. The van der Waals surface area contributed by atoms with Gasteiger partial charge in [-0.1, -0.05) is 0 Å². The Morgan fingerprint density at radius 2 is 2.05 bits per heavy atom. The monoisotopic (exact) mass is 299 g/mol. The quantitative estimate of drug-likeness (QED) is 0.872. The van der Waals surface area contributed by atoms with Crippen molar-refractivity contribution in [1.82, 2.24) is 24.2 Å². The molecule has 2 aliphatic rings. The Bertz CT molecular complexity index is 698. The summed E-state index contributed by atoms with van der Waals surface area (Å²) in [6, 6.07) is 2.92. The molecule has 2 fully saturated rings. The van der Waals surface area contributed by atoms with Gasteiger partial charge in [0.15, 0.2) is 0 Å². The van der Waals surface area contributed by atoms with Crippen LogP contribution in [0.4, 0.5) is 0 Å². The molecule has 4 rings (SSSR count). The van der Waals surface area contributed by atoms with E-state index in [9.17, 15) is 4.79 Å². The molecule has 2 aromatic heterocycles. The maximum Gasteiger partial charge on any atom is 0.255 e. The predicted octanol–water partition coefficient (Wildman–Crippen LogP) is 2.12. The number of amides is 1. The van der Waals surface area contributed by atoms with Gasteiger partial charge in [-0.25, -0.2) is 9.67 Å². The first-order valence-electron chi connectivity index (χ1n) is 7.97. The third-order valence-corrected chi connectivity index (χ3v) is 4.89. The van der Waals surface area contributed by atoms with Crippen LogP contribution in [0.5, 0.6) is 0 Å². The number of carbonyl (C=O) groups is 1. The molecule has 0 aromatic carbocycles. The van der Waals surface area contributed by atoms with Gasteiger partial charge in [0.2, 0.25) is 0 Å². The SMILES string of the molecule is Cc1cc(C(=O)N2CCC(n3cncn3)C2)c(C)n1C1CC1. The Balaban J connectivity index is 1.54. The molecule has 3 heterocycles. The molecule has 0 N–H and O–H groups in total. The molecule has 116 valence electrons. The van der Waals surface area contributed by atoms with Crippen molar-refractivity contribution in [1.29, 1.82) is 0 Å². The highest BCUT2D eigenvalue weighted by molar-refractivity contribution is 5.96. The summed E-state index contributed by atoms with van der Waals surface area (Å²) in [5.74, 6) is 0.155. The zero-order chi connectivity index (χ0) is 15.3. The van der Waals surface area contributed by atoms with Crippen LogP contribution in [0.1, 0.15) is 53.1 Å². The molecule has 0 radical (unpaired) electrons. The average molecular weight is 299 g/mol. The minimum atomic E-state index is 0.155. The van der Waals surface area contributed by atoms with Gasteiger partial charge in [0.1, 0.15) is 12.7 Å². The molecular formula is C16H21N5O. The molecule has 1 saturated heterocycles. The van der Waals surface area contributed by atoms with Gasteiger partial charge in [-0.05, 0) is 39.2 Å². The Morgan fingerprint density at radius 1 is 1.23 bits per heavy atom. The van der Waals surface area contributed by atoms with Gasteiger partial charge in [0.05, 0.1) is 11.6 Å². The minimum Gasteiger partial charge on any atom is -0.345 e. The Kier molecular flexibility index (Phi) is 3.06. The van der Waals surface area contributed by atoms with Crippen molar-refractivity contribution in [2.45, 2.75) is 45.2 Å². The lowest BCUT2D eigenvalue weighted by Crippen LogP contribution is -2.29. The topological polar surface area (TPSA) is 56.0 Å². The number of rotatable bonds is 3. The van der Waals surface area contributed by atoms with E-state index in [1.807, 2.05) is 9.58 Å². The van der Waals surface area contributed by atoms with E-state index in [0.29, 0.717) is 6.04 Å². The van der Waals surface area contributed by atoms with Crippen molar-refractivity contribution >= 4 is 5.91 Å². The van der Waals surface area contributed by atoms with Gasteiger partial charge in [0, 0.05) is 30.5 Å². The lowest BCUT2D eigenvalue weighted by Gasteiger charge is -2.17. The number of carbonyl (C=O) groups excluding carboxylic acids is 1. The zero-order valence-corrected chi connectivity index (χ0v) is 13.1. The smallest absolute Gasteiger partial charge is 0.255 e. The van der Waals surface area contributed by atoms with Crippen molar-refractivity contribution in [3.63, 3.8) is 0 Å². The fourth-order valence-corrected chi connectivity index (χ4v) is 3.61. The van der Waals surface area contributed by atoms with Crippen molar-refractivity contribution < 1.29 is 4.79 Å². The molecule has 6 nitrogen and oxygen atoms in total. The van der Waals surface area contributed by atoms with E-state index in [0.717, 1.165) is 30.8 Å². The van der Waals surface area contributed by atoms with Crippen LogP contribution >= 0.6 is 0 Å². The summed E-state index contributed by atoms with van der Waals surface area (Å²) in [6.45, 7) is 5.68. The number of aryl methyl sites for hydroxylation is 1. The van der Waals surface area contributed by atoms with Crippen molar-refractivity contribution in [2.75, 3.05) is 13.1 Å². The van der Waals surface area contributed by atoms with Crippen LogP contribution in [0.15, 0.2) is 18.7 Å². The van der Waals surface area contributed by atoms with E-state index in [2.05, 4.69) is 34.6 Å². The van der Waals surface area contributed by atoms with E-state index in [-0.39, 0.29) is 11.9 Å². The second-order valence-electron chi connectivity index (χ2n) is 6.46. The van der Waals surface area contributed by atoms with Crippen molar-refractivity contribution in [3.8, 4) is 0 Å². The summed E-state index contributed by atoms with van der Waals surface area (Å²) in [6.07, 6.45) is 6.70. The van der Waals surface area contributed by atoms with Crippen LogP contribution in [0, 0.1) is 13.8 Å². The Hall–Kier alpha value is -2.11. The van der Waals surface area contributed by atoms with Crippen LogP contribution < -0.4 is 0 Å². The van der Waals surface area contributed by atoms with Crippen LogP contribution in [0.25, 0.3) is 0 Å². The summed E-state index contributed by atoms with van der Waals surface area (Å²) < 4.78 is 4.19. The highest BCUT2D eigenvalue weighted by atomic mass is 16.2. The summed E-state index contributed by atoms with van der Waals surface area (Å²) in [5.41, 5.74) is 3.19. The van der Waals surface area contributed by atoms with Crippen molar-refractivity contribution in [2.24, 2.45) is 0 Å². The van der Waals surface area contributed by atoms with E-state index in [1.165, 1.54) is 18.5 Å². The van der Waals surface area contributed by atoms with E-state index in [4.69, 9.17) is 0 Å². The first-order valence-corrected chi connectivity index (χ1v) is 7.97. The third-order valence-electron chi connectivity index (χ3n) is 4.89. The lowest BCUT2D eigenvalue weighted by atomic mass is 10.2. The number of likely N-dealkylation sites (tertiary alicyclic amines) is 1. The van der Waals surface area contributed by atoms with Crippen LogP contribution in [-0.2, 0) is 0 Å². The number of hydrogen-bond donors (Lipinski definition) is 0. The standard InChI is InChI=1S/C16H21N5O/c1-11-7-15(12(2)21(11)13-3-4-13)16(22)19-6-5-14(8-19)20-10-17-9-18-20/h7,9-10,13-14H,3-6,8H2,1-2H3. The summed E-state index contributed by atoms with van der Waals surface area (Å²) in [5, 5.41) is 4.20. The van der Waals surface area contributed by atoms with Crippen LogP contribution in [0.2, 0.25) is 0 Å². The molecule has 22 heavy (non-hydrogen) atoms. The molecule has 1 saturated carbocycles. The molecule has 1 amide bonds. The van der Waals surface area contributed by atoms with E-state index < -0.39 is 0 Å². The molecule has 1 aliphatic heterocycles. The fourth-order valence-electron chi connectivity index (χ4n) is 3.61. The van der Waals surface area contributed by atoms with E-state index >= 15 is 0 Å². The third kappa shape index (κ3) is 2.14. The van der Waals surface area contributed by atoms with Gasteiger partial charge in [-0.2, -0.15) is 5.10 Å². The molecular weight excluding hydrogens is 278 g/mol. The minimum absolute atomic E-state index is 0.155. The first-order chi connectivity index (χ1) is 10.6. The fraction of sp³-hybridized carbons (Fsp3) is 0.562. The van der Waals surface area contributed by atoms with Gasteiger partial charge in [0.25, 0.3) is 5.91 Å². The lowest BCUT2D eigenvalue weighted by molar-refractivity contribution is 0.0786. The van der Waals surface area contributed by atoms with Crippen LogP contribution in [0.3, 0.4) is 0 Å². The summed E-state index contributed by atoms with van der Waals surface area (Å²) in [4.78, 5) is 18.8. The zero-order valence-electron chi connectivity index (χ0n) is 13.1. The Morgan fingerprint density at radius 3 is 2.73 bits per heavy atom. The normalized spacial score (nSPS) is 21.5. The first kappa shape index (κ1) is 13.5. The van der Waals surface area contributed by atoms with Gasteiger partial charge < -0.3 is 9.47 Å². The number of aromatic nitrogens is 4. The highest BCUT2D eigenvalue weighted by Gasteiger charge is 2.32. The van der Waals surface area contributed by atoms with E-state index in [1.54, 1.807) is 12.7 Å². The molecule has 1 atom stereocenters. The molecule has 1 aliphatic carbocycles. The molecule has 2 aromatic rings. The average Bonchev–Trinajstić information content (AvgIpc) is 2.96. The van der Waals surface area contributed by atoms with Crippen LogP contribution in [-0.4, -0.2) is 43.2 Å². The number of hydrogen-bond acceptors (Lipinski definition) is 3. The summed E-state index contributed by atoms with van der Waals surface area (Å²) in [7, 11) is 0. The predicted molar refractivity (Wildman–Crippen MR) is 81.8 cm³/mol.